The molecule has 7 heteroatoms. The van der Waals surface area contributed by atoms with Crippen molar-refractivity contribution < 1.29 is 4.79 Å². The number of rotatable bonds is 4. The van der Waals surface area contributed by atoms with Crippen molar-refractivity contribution in [3.05, 3.63) is 56.4 Å². The molecule has 0 atom stereocenters. The number of thiophene rings is 1. The zero-order chi connectivity index (χ0) is 17.9. The van der Waals surface area contributed by atoms with E-state index < -0.39 is 0 Å². The Balaban J connectivity index is 1.48. The molecule has 4 rings (SSSR count). The molecule has 2 aromatic rings. The van der Waals surface area contributed by atoms with Gasteiger partial charge in [-0.05, 0) is 43.5 Å². The summed E-state index contributed by atoms with van der Waals surface area (Å²) >= 11 is 1.60. The molecule has 0 aromatic carbocycles. The van der Waals surface area contributed by atoms with Gasteiger partial charge in [0.1, 0.15) is 5.82 Å². The van der Waals surface area contributed by atoms with E-state index in [0.717, 1.165) is 30.2 Å². The fraction of sp³-hybridized carbons (Fsp3) is 0.421. The van der Waals surface area contributed by atoms with Gasteiger partial charge < -0.3 is 4.90 Å². The summed E-state index contributed by atoms with van der Waals surface area (Å²) in [6, 6.07) is 5.59. The fourth-order valence-corrected chi connectivity index (χ4v) is 4.14. The third-order valence-electron chi connectivity index (χ3n) is 4.90. The van der Waals surface area contributed by atoms with E-state index in [1.54, 1.807) is 32.9 Å². The Morgan fingerprint density at radius 1 is 1.23 bits per heavy atom. The largest absolute Gasteiger partial charge is 0.330 e. The van der Waals surface area contributed by atoms with Gasteiger partial charge in [-0.1, -0.05) is 6.07 Å². The van der Waals surface area contributed by atoms with E-state index in [1.165, 1.54) is 12.8 Å². The van der Waals surface area contributed by atoms with Crippen LogP contribution in [-0.4, -0.2) is 44.9 Å². The van der Waals surface area contributed by atoms with Crippen LogP contribution in [0.1, 0.15) is 29.2 Å². The summed E-state index contributed by atoms with van der Waals surface area (Å²) < 4.78 is 1.69. The van der Waals surface area contributed by atoms with Crippen LogP contribution in [0.15, 0.2) is 34.4 Å². The molecule has 2 aliphatic rings. The minimum Gasteiger partial charge on any atom is -0.330 e. The molecule has 6 nitrogen and oxygen atoms in total. The number of hydrogen-bond donors (Lipinski definition) is 0. The van der Waals surface area contributed by atoms with E-state index >= 15 is 0 Å². The molecule has 2 aliphatic heterocycles. The first-order valence-electron chi connectivity index (χ1n) is 9.01. The molecule has 0 bridgehead atoms. The summed E-state index contributed by atoms with van der Waals surface area (Å²) in [4.78, 5) is 34.7. The maximum atomic E-state index is 12.5. The average Bonchev–Trinajstić information content (AvgIpc) is 3.33. The molecule has 136 valence electrons. The van der Waals surface area contributed by atoms with E-state index in [4.69, 9.17) is 0 Å². The van der Waals surface area contributed by atoms with Gasteiger partial charge in [-0.25, -0.2) is 4.98 Å². The van der Waals surface area contributed by atoms with Gasteiger partial charge in [0.2, 0.25) is 5.91 Å². The van der Waals surface area contributed by atoms with Crippen LogP contribution in [0.5, 0.6) is 0 Å². The Morgan fingerprint density at radius 3 is 2.85 bits per heavy atom. The van der Waals surface area contributed by atoms with Gasteiger partial charge >= 0.3 is 0 Å². The Kier molecular flexibility index (Phi) is 4.99. The first kappa shape index (κ1) is 17.2. The van der Waals surface area contributed by atoms with Crippen molar-refractivity contribution in [1.29, 1.82) is 0 Å². The van der Waals surface area contributed by atoms with Gasteiger partial charge in [0.15, 0.2) is 0 Å². The number of amides is 1. The summed E-state index contributed by atoms with van der Waals surface area (Å²) in [7, 11) is 0. The van der Waals surface area contributed by atoms with Crippen molar-refractivity contribution >= 4 is 23.3 Å². The molecule has 2 aromatic heterocycles. The molecule has 1 amide bonds. The molecule has 0 aliphatic carbocycles. The average molecular weight is 370 g/mol. The lowest BCUT2D eigenvalue weighted by molar-refractivity contribution is -0.127. The summed E-state index contributed by atoms with van der Waals surface area (Å²) in [5.74, 6) is 0.652. The second kappa shape index (κ2) is 7.55. The van der Waals surface area contributed by atoms with Crippen molar-refractivity contribution in [3.8, 4) is 0 Å². The van der Waals surface area contributed by atoms with Gasteiger partial charge in [-0.15, -0.1) is 11.3 Å². The number of carbonyl (C=O) groups is 1. The van der Waals surface area contributed by atoms with Crippen LogP contribution in [0, 0.1) is 0 Å². The molecule has 26 heavy (non-hydrogen) atoms. The topological polar surface area (TPSA) is 58.4 Å². The standard InChI is InChI=1S/C19H22N4O2S/c24-18(6-5-16-4-3-11-26-16)22-9-10-23-17(14-22)20-15(12-19(23)25)13-21-7-1-2-8-21/h3-6,11-12H,1-2,7-10,13-14H2/b6-5+. The molecular weight excluding hydrogens is 348 g/mol. The normalized spacial score (nSPS) is 17.8. The van der Waals surface area contributed by atoms with Crippen LogP contribution >= 0.6 is 11.3 Å². The Labute approximate surface area is 156 Å². The molecule has 4 heterocycles. The lowest BCUT2D eigenvalue weighted by Crippen LogP contribution is -2.42. The SMILES string of the molecule is O=C(/C=C/c1cccs1)N1CCn2c(nc(CN3CCCC3)cc2=O)C1. The van der Waals surface area contributed by atoms with Crippen LogP contribution < -0.4 is 5.56 Å². The van der Waals surface area contributed by atoms with E-state index in [9.17, 15) is 9.59 Å². The molecule has 0 N–H and O–H groups in total. The molecule has 0 saturated carbocycles. The maximum absolute atomic E-state index is 12.5. The highest BCUT2D eigenvalue weighted by Crippen LogP contribution is 2.15. The highest BCUT2D eigenvalue weighted by atomic mass is 32.1. The minimum atomic E-state index is -0.0381. The second-order valence-corrected chi connectivity index (χ2v) is 7.72. The van der Waals surface area contributed by atoms with Crippen molar-refractivity contribution in [3.63, 3.8) is 0 Å². The Bertz CT molecular complexity index is 866. The molecule has 1 saturated heterocycles. The predicted octanol–water partition coefficient (Wildman–Crippen LogP) is 1.96. The van der Waals surface area contributed by atoms with Crippen LogP contribution in [0.4, 0.5) is 0 Å². The van der Waals surface area contributed by atoms with Gasteiger partial charge in [-0.3, -0.25) is 19.1 Å². The quantitative estimate of drug-likeness (QED) is 0.772. The van der Waals surface area contributed by atoms with Crippen molar-refractivity contribution in [1.82, 2.24) is 19.4 Å². The first-order chi connectivity index (χ1) is 12.7. The lowest BCUT2D eigenvalue weighted by atomic mass is 10.2. The second-order valence-electron chi connectivity index (χ2n) is 6.75. The van der Waals surface area contributed by atoms with Crippen LogP contribution in [0.25, 0.3) is 6.08 Å². The van der Waals surface area contributed by atoms with Crippen molar-refractivity contribution in [2.45, 2.75) is 32.5 Å². The number of fused-ring (bicyclic) bond motifs is 1. The smallest absolute Gasteiger partial charge is 0.253 e. The maximum Gasteiger partial charge on any atom is 0.253 e. The third kappa shape index (κ3) is 3.78. The zero-order valence-corrected chi connectivity index (χ0v) is 15.5. The molecule has 0 spiro atoms. The zero-order valence-electron chi connectivity index (χ0n) is 14.6. The highest BCUT2D eigenvalue weighted by molar-refractivity contribution is 7.10. The first-order valence-corrected chi connectivity index (χ1v) is 9.89. The van der Waals surface area contributed by atoms with Gasteiger partial charge in [0, 0.05) is 36.7 Å². The lowest BCUT2D eigenvalue weighted by Gasteiger charge is -2.28. The van der Waals surface area contributed by atoms with Gasteiger partial charge in [0.25, 0.3) is 5.56 Å². The van der Waals surface area contributed by atoms with Crippen LogP contribution in [-0.2, 0) is 24.4 Å². The Morgan fingerprint density at radius 2 is 2.08 bits per heavy atom. The number of hydrogen-bond acceptors (Lipinski definition) is 5. The Hall–Kier alpha value is -2.25. The number of likely N-dealkylation sites (tertiary alicyclic amines) is 1. The number of nitrogens with zero attached hydrogens (tertiary/aromatic N) is 4. The monoisotopic (exact) mass is 370 g/mol. The van der Waals surface area contributed by atoms with E-state index in [1.807, 2.05) is 23.6 Å². The van der Waals surface area contributed by atoms with Gasteiger partial charge in [-0.2, -0.15) is 0 Å². The number of aromatic nitrogens is 2. The van der Waals surface area contributed by atoms with E-state index in [2.05, 4.69) is 9.88 Å². The van der Waals surface area contributed by atoms with Crippen LogP contribution in [0.3, 0.4) is 0 Å². The molecule has 1 fully saturated rings. The number of carbonyl (C=O) groups excluding carboxylic acids is 1. The van der Waals surface area contributed by atoms with E-state index in [-0.39, 0.29) is 11.5 Å². The molecule has 0 unspecified atom stereocenters. The fourth-order valence-electron chi connectivity index (χ4n) is 3.52. The van der Waals surface area contributed by atoms with Crippen molar-refractivity contribution in [2.24, 2.45) is 0 Å². The highest BCUT2D eigenvalue weighted by Gasteiger charge is 2.22. The van der Waals surface area contributed by atoms with E-state index in [0.29, 0.717) is 25.5 Å². The minimum absolute atomic E-state index is 0.00887. The predicted molar refractivity (Wildman–Crippen MR) is 102 cm³/mol. The van der Waals surface area contributed by atoms with Crippen LogP contribution in [0.2, 0.25) is 0 Å². The summed E-state index contributed by atoms with van der Waals surface area (Å²) in [6.45, 7) is 4.28. The third-order valence-corrected chi connectivity index (χ3v) is 5.73. The molecular formula is C19H22N4O2S. The summed E-state index contributed by atoms with van der Waals surface area (Å²) in [5.41, 5.74) is 0.803. The summed E-state index contributed by atoms with van der Waals surface area (Å²) in [5, 5.41) is 1.99. The molecule has 0 radical (unpaired) electrons. The van der Waals surface area contributed by atoms with Crippen molar-refractivity contribution in [2.75, 3.05) is 19.6 Å². The van der Waals surface area contributed by atoms with Gasteiger partial charge in [0.05, 0.1) is 12.2 Å². The summed E-state index contributed by atoms with van der Waals surface area (Å²) in [6.07, 6.45) is 5.87.